The van der Waals surface area contributed by atoms with Gasteiger partial charge in [0, 0.05) is 32.7 Å². The van der Waals surface area contributed by atoms with Crippen LogP contribution in [0.25, 0.3) is 0 Å². The summed E-state index contributed by atoms with van der Waals surface area (Å²) >= 11 is 0. The van der Waals surface area contributed by atoms with Gasteiger partial charge in [0.15, 0.2) is 5.96 Å². The van der Waals surface area contributed by atoms with Gasteiger partial charge in [0.1, 0.15) is 12.2 Å². The number of rotatable bonds is 9. The molecule has 0 aromatic carbocycles. The van der Waals surface area contributed by atoms with E-state index in [0.717, 1.165) is 70.3 Å². The van der Waals surface area contributed by atoms with Crippen molar-refractivity contribution in [1.82, 2.24) is 25.4 Å². The molecule has 3 rings (SSSR count). The fourth-order valence-electron chi connectivity index (χ4n) is 3.66. The zero-order valence-electron chi connectivity index (χ0n) is 16.6. The second-order valence-electron chi connectivity index (χ2n) is 7.33. The number of aliphatic imine (C=N–C) groups is 1. The summed E-state index contributed by atoms with van der Waals surface area (Å²) < 4.78 is 7.80. The van der Waals surface area contributed by atoms with E-state index in [1.165, 1.54) is 25.7 Å². The SMILES string of the molecule is CCc1nncn1CCNC(=NCC1CCCO1)NCCC1=CCCCC1. The first-order valence-corrected chi connectivity index (χ1v) is 10.5. The highest BCUT2D eigenvalue weighted by Gasteiger charge is 2.15. The first-order chi connectivity index (χ1) is 13.3. The van der Waals surface area contributed by atoms with Crippen molar-refractivity contribution in [2.24, 2.45) is 4.99 Å². The third-order valence-electron chi connectivity index (χ3n) is 5.26. The van der Waals surface area contributed by atoms with Gasteiger partial charge in [-0.2, -0.15) is 0 Å². The van der Waals surface area contributed by atoms with E-state index in [2.05, 4.69) is 38.4 Å². The molecule has 2 N–H and O–H groups in total. The second kappa shape index (κ2) is 11.1. The van der Waals surface area contributed by atoms with Crippen LogP contribution < -0.4 is 10.6 Å². The summed E-state index contributed by atoms with van der Waals surface area (Å²) in [5, 5.41) is 15.1. The van der Waals surface area contributed by atoms with Crippen LogP contribution in [0, 0.1) is 0 Å². The van der Waals surface area contributed by atoms with Crippen molar-refractivity contribution in [2.75, 3.05) is 26.2 Å². The maximum atomic E-state index is 5.70. The number of hydrogen-bond donors (Lipinski definition) is 2. The van der Waals surface area contributed by atoms with Gasteiger partial charge in [-0.05, 0) is 44.9 Å². The average molecular weight is 375 g/mol. The molecule has 0 amide bonds. The molecule has 1 atom stereocenters. The highest BCUT2D eigenvalue weighted by atomic mass is 16.5. The van der Waals surface area contributed by atoms with Gasteiger partial charge in [0.25, 0.3) is 0 Å². The number of hydrogen-bond acceptors (Lipinski definition) is 4. The van der Waals surface area contributed by atoms with E-state index >= 15 is 0 Å². The van der Waals surface area contributed by atoms with Gasteiger partial charge in [-0.15, -0.1) is 10.2 Å². The molecule has 0 spiro atoms. The van der Waals surface area contributed by atoms with E-state index in [1.807, 2.05) is 0 Å². The van der Waals surface area contributed by atoms with Crippen LogP contribution in [0.4, 0.5) is 0 Å². The summed E-state index contributed by atoms with van der Waals surface area (Å²) in [4.78, 5) is 4.76. The Balaban J connectivity index is 1.47. The quantitative estimate of drug-likeness (QED) is 0.394. The van der Waals surface area contributed by atoms with Crippen LogP contribution in [0.15, 0.2) is 23.0 Å². The number of aryl methyl sites for hydroxylation is 1. The normalized spacial score (nSPS) is 20.6. The fourth-order valence-corrected chi connectivity index (χ4v) is 3.66. The van der Waals surface area contributed by atoms with Crippen LogP contribution in [-0.2, 0) is 17.7 Å². The Labute approximate surface area is 162 Å². The summed E-state index contributed by atoms with van der Waals surface area (Å²) in [5.74, 6) is 1.90. The standard InChI is InChI=1S/C20H34N6O/c1-2-19-25-24-16-26(19)13-12-22-20(23-15-18-9-6-14-27-18)21-11-10-17-7-4-3-5-8-17/h7,16,18H,2-6,8-15H2,1H3,(H2,21,22,23). The number of allylic oxidation sites excluding steroid dienone is 1. The topological polar surface area (TPSA) is 76.4 Å². The molecule has 1 unspecified atom stereocenters. The zero-order chi connectivity index (χ0) is 18.7. The van der Waals surface area contributed by atoms with Gasteiger partial charge in [-0.3, -0.25) is 4.99 Å². The Morgan fingerprint density at radius 3 is 3.00 bits per heavy atom. The largest absolute Gasteiger partial charge is 0.376 e. The monoisotopic (exact) mass is 374 g/mol. The molecule has 1 aliphatic carbocycles. The molecule has 7 heteroatoms. The van der Waals surface area contributed by atoms with Crippen molar-refractivity contribution in [3.8, 4) is 0 Å². The van der Waals surface area contributed by atoms with Crippen molar-refractivity contribution in [1.29, 1.82) is 0 Å². The van der Waals surface area contributed by atoms with Crippen molar-refractivity contribution in [3.63, 3.8) is 0 Å². The van der Waals surface area contributed by atoms with Crippen molar-refractivity contribution in [2.45, 2.75) is 70.9 Å². The minimum absolute atomic E-state index is 0.272. The molecule has 27 heavy (non-hydrogen) atoms. The fraction of sp³-hybridized carbons (Fsp3) is 0.750. The number of guanidine groups is 1. The lowest BCUT2D eigenvalue weighted by Crippen LogP contribution is -2.40. The second-order valence-corrected chi connectivity index (χ2v) is 7.33. The maximum Gasteiger partial charge on any atom is 0.191 e. The number of nitrogens with one attached hydrogen (secondary N) is 2. The average Bonchev–Trinajstić information content (AvgIpc) is 3.38. The Kier molecular flexibility index (Phi) is 8.14. The van der Waals surface area contributed by atoms with E-state index in [0.29, 0.717) is 0 Å². The van der Waals surface area contributed by atoms with Crippen LogP contribution in [0.5, 0.6) is 0 Å². The first-order valence-electron chi connectivity index (χ1n) is 10.5. The number of aromatic nitrogens is 3. The molecule has 150 valence electrons. The van der Waals surface area contributed by atoms with Crippen LogP contribution in [-0.4, -0.2) is 53.1 Å². The smallest absolute Gasteiger partial charge is 0.191 e. The summed E-state index contributed by atoms with van der Waals surface area (Å²) in [6, 6.07) is 0. The van der Waals surface area contributed by atoms with Gasteiger partial charge in [0.2, 0.25) is 0 Å². The number of nitrogens with zero attached hydrogens (tertiary/aromatic N) is 4. The Morgan fingerprint density at radius 1 is 1.30 bits per heavy atom. The Hall–Kier alpha value is -1.89. The third kappa shape index (κ3) is 6.65. The predicted molar refractivity (Wildman–Crippen MR) is 108 cm³/mol. The summed E-state index contributed by atoms with van der Waals surface area (Å²) in [6.45, 7) is 6.26. The van der Waals surface area contributed by atoms with Gasteiger partial charge >= 0.3 is 0 Å². The van der Waals surface area contributed by atoms with Gasteiger partial charge in [-0.25, -0.2) is 0 Å². The lowest BCUT2D eigenvalue weighted by molar-refractivity contribution is 0.117. The highest BCUT2D eigenvalue weighted by Crippen LogP contribution is 2.19. The molecule has 2 heterocycles. The van der Waals surface area contributed by atoms with Crippen molar-refractivity contribution < 1.29 is 4.74 Å². The molecule has 1 fully saturated rings. The molecule has 0 saturated carbocycles. The molecule has 1 aromatic heterocycles. The van der Waals surface area contributed by atoms with Gasteiger partial charge < -0.3 is 19.9 Å². The molecular formula is C20H34N6O. The molecule has 0 bridgehead atoms. The predicted octanol–water partition coefficient (Wildman–Crippen LogP) is 2.45. The molecule has 7 nitrogen and oxygen atoms in total. The van der Waals surface area contributed by atoms with E-state index in [4.69, 9.17) is 9.73 Å². The molecular weight excluding hydrogens is 340 g/mol. The van der Waals surface area contributed by atoms with Crippen LogP contribution in [0.3, 0.4) is 0 Å². The van der Waals surface area contributed by atoms with Crippen LogP contribution in [0.1, 0.15) is 57.7 Å². The zero-order valence-corrected chi connectivity index (χ0v) is 16.6. The number of ether oxygens (including phenoxy) is 1. The highest BCUT2D eigenvalue weighted by molar-refractivity contribution is 5.79. The van der Waals surface area contributed by atoms with Crippen molar-refractivity contribution >= 4 is 5.96 Å². The summed E-state index contributed by atoms with van der Waals surface area (Å²) in [5.41, 5.74) is 1.59. The van der Waals surface area contributed by atoms with Crippen LogP contribution >= 0.6 is 0 Å². The lowest BCUT2D eigenvalue weighted by atomic mass is 9.97. The van der Waals surface area contributed by atoms with Crippen molar-refractivity contribution in [3.05, 3.63) is 23.8 Å². The molecule has 1 aliphatic heterocycles. The molecule has 0 radical (unpaired) electrons. The van der Waals surface area contributed by atoms with Gasteiger partial charge in [-0.1, -0.05) is 18.6 Å². The first kappa shape index (κ1) is 19.9. The molecule has 2 aliphatic rings. The van der Waals surface area contributed by atoms with E-state index < -0.39 is 0 Å². The van der Waals surface area contributed by atoms with Gasteiger partial charge in [0.05, 0.1) is 12.6 Å². The van der Waals surface area contributed by atoms with E-state index in [9.17, 15) is 0 Å². The minimum atomic E-state index is 0.272. The summed E-state index contributed by atoms with van der Waals surface area (Å²) in [7, 11) is 0. The minimum Gasteiger partial charge on any atom is -0.376 e. The third-order valence-corrected chi connectivity index (χ3v) is 5.26. The maximum absolute atomic E-state index is 5.70. The van der Waals surface area contributed by atoms with E-state index in [-0.39, 0.29) is 6.10 Å². The molecule has 1 aromatic rings. The lowest BCUT2D eigenvalue weighted by Gasteiger charge is -2.16. The van der Waals surface area contributed by atoms with Crippen LogP contribution in [0.2, 0.25) is 0 Å². The Morgan fingerprint density at radius 2 is 2.22 bits per heavy atom. The molecule has 1 saturated heterocycles. The summed E-state index contributed by atoms with van der Waals surface area (Å²) in [6.07, 6.45) is 13.9. The Bertz CT molecular complexity index is 618. The van der Waals surface area contributed by atoms with E-state index in [1.54, 1.807) is 11.9 Å².